The van der Waals surface area contributed by atoms with E-state index in [1.807, 2.05) is 0 Å². The van der Waals surface area contributed by atoms with Gasteiger partial charge in [0.1, 0.15) is 5.75 Å². The highest BCUT2D eigenvalue weighted by molar-refractivity contribution is 6.35. The number of nitrogens with zero attached hydrogens (tertiary/aromatic N) is 2. The fourth-order valence-electron chi connectivity index (χ4n) is 1.57. The maximum Gasteiger partial charge on any atom is 0.329 e. The van der Waals surface area contributed by atoms with E-state index in [-0.39, 0.29) is 12.3 Å². The van der Waals surface area contributed by atoms with Crippen LogP contribution in [-0.2, 0) is 16.1 Å². The number of rotatable bonds is 4. The number of hydrazone groups is 1. The van der Waals surface area contributed by atoms with Gasteiger partial charge in [0, 0.05) is 24.5 Å². The molecule has 0 aliphatic carbocycles. The van der Waals surface area contributed by atoms with Crippen molar-refractivity contribution >= 4 is 18.0 Å². The Morgan fingerprint density at radius 3 is 2.73 bits per heavy atom. The Kier molecular flexibility index (Phi) is 5.20. The minimum atomic E-state index is -0.893. The summed E-state index contributed by atoms with van der Waals surface area (Å²) in [5, 5.41) is 15.6. The second kappa shape index (κ2) is 7.53. The van der Waals surface area contributed by atoms with Gasteiger partial charge in [-0.2, -0.15) is 5.10 Å². The third-order valence-corrected chi connectivity index (χ3v) is 2.69. The van der Waals surface area contributed by atoms with Crippen molar-refractivity contribution in [3.8, 4) is 5.75 Å². The Morgan fingerprint density at radius 1 is 1.18 bits per heavy atom. The van der Waals surface area contributed by atoms with Crippen LogP contribution in [0.25, 0.3) is 0 Å². The number of hydrogen-bond donors (Lipinski definition) is 3. The molecule has 1 heterocycles. The molecule has 3 N–H and O–H groups in total. The zero-order valence-electron chi connectivity index (χ0n) is 11.6. The number of aromatic hydroxyl groups is 1. The van der Waals surface area contributed by atoms with Crippen LogP contribution in [0.3, 0.4) is 0 Å². The van der Waals surface area contributed by atoms with E-state index < -0.39 is 11.8 Å². The minimum Gasteiger partial charge on any atom is -0.507 e. The van der Waals surface area contributed by atoms with E-state index in [0.29, 0.717) is 5.56 Å². The molecule has 0 atom stereocenters. The van der Waals surface area contributed by atoms with Gasteiger partial charge in [-0.1, -0.05) is 18.2 Å². The molecule has 0 aliphatic heterocycles. The average Bonchev–Trinajstić information content (AvgIpc) is 2.55. The van der Waals surface area contributed by atoms with Crippen LogP contribution < -0.4 is 10.7 Å². The van der Waals surface area contributed by atoms with Gasteiger partial charge in [-0.05, 0) is 23.8 Å². The number of nitrogens with one attached hydrogen (secondary N) is 2. The summed E-state index contributed by atoms with van der Waals surface area (Å²) in [6.45, 7) is 0.198. The molecule has 0 saturated heterocycles. The number of pyridine rings is 1. The molecule has 112 valence electrons. The minimum absolute atomic E-state index is 0.0292. The number of phenolic OH excluding ortho intramolecular Hbond substituents is 1. The smallest absolute Gasteiger partial charge is 0.329 e. The van der Waals surface area contributed by atoms with Crippen LogP contribution in [0.4, 0.5) is 0 Å². The van der Waals surface area contributed by atoms with E-state index in [2.05, 4.69) is 20.8 Å². The largest absolute Gasteiger partial charge is 0.507 e. The molecule has 1 aromatic carbocycles. The number of carbonyl (C=O) groups is 2. The molecule has 0 spiro atoms. The molecule has 0 fully saturated rings. The molecule has 0 aliphatic rings. The van der Waals surface area contributed by atoms with Gasteiger partial charge in [-0.3, -0.25) is 14.6 Å². The first kappa shape index (κ1) is 15.2. The summed E-state index contributed by atoms with van der Waals surface area (Å²) in [7, 11) is 0. The van der Waals surface area contributed by atoms with Gasteiger partial charge < -0.3 is 10.4 Å². The summed E-state index contributed by atoms with van der Waals surface area (Å²) >= 11 is 0. The molecule has 0 bridgehead atoms. The standard InChI is InChI=1S/C15H14N4O3/c20-13-6-2-1-5-12(13)10-18-19-15(22)14(21)17-9-11-4-3-7-16-8-11/h1-8,10,20H,9H2,(H,17,21)(H,19,22). The summed E-state index contributed by atoms with van der Waals surface area (Å²) in [5.41, 5.74) is 3.29. The Labute approximate surface area is 126 Å². The van der Waals surface area contributed by atoms with Crippen molar-refractivity contribution in [3.63, 3.8) is 0 Å². The molecule has 2 aromatic rings. The molecule has 2 amide bonds. The van der Waals surface area contributed by atoms with Gasteiger partial charge in [0.2, 0.25) is 0 Å². The van der Waals surface area contributed by atoms with Crippen LogP contribution >= 0.6 is 0 Å². The molecule has 2 rings (SSSR count). The number of aromatic nitrogens is 1. The van der Waals surface area contributed by atoms with Gasteiger partial charge in [0.15, 0.2) is 0 Å². The quantitative estimate of drug-likeness (QED) is 0.435. The SMILES string of the molecule is O=C(NCc1cccnc1)C(=O)NN=Cc1ccccc1O. The van der Waals surface area contributed by atoms with E-state index in [0.717, 1.165) is 5.56 Å². The highest BCUT2D eigenvalue weighted by Gasteiger charge is 2.11. The molecule has 22 heavy (non-hydrogen) atoms. The number of benzene rings is 1. The molecule has 7 heteroatoms. The lowest BCUT2D eigenvalue weighted by Crippen LogP contribution is -2.37. The van der Waals surface area contributed by atoms with Crippen LogP contribution in [0.15, 0.2) is 53.9 Å². The van der Waals surface area contributed by atoms with Crippen LogP contribution in [0, 0.1) is 0 Å². The van der Waals surface area contributed by atoms with Crippen LogP contribution in [0.1, 0.15) is 11.1 Å². The fourth-order valence-corrected chi connectivity index (χ4v) is 1.57. The Hall–Kier alpha value is -3.22. The van der Waals surface area contributed by atoms with Crippen molar-refractivity contribution in [1.29, 1.82) is 0 Å². The number of hydrogen-bond acceptors (Lipinski definition) is 5. The molecule has 0 radical (unpaired) electrons. The predicted octanol–water partition coefficient (Wildman–Crippen LogP) is 0.554. The fraction of sp³-hybridized carbons (Fsp3) is 0.0667. The maximum absolute atomic E-state index is 11.6. The van der Waals surface area contributed by atoms with Crippen molar-refractivity contribution in [2.24, 2.45) is 5.10 Å². The number of para-hydroxylation sites is 1. The number of carbonyl (C=O) groups excluding carboxylic acids is 2. The first-order valence-electron chi connectivity index (χ1n) is 6.45. The molecular weight excluding hydrogens is 284 g/mol. The highest BCUT2D eigenvalue weighted by atomic mass is 16.3. The average molecular weight is 298 g/mol. The second-order valence-electron chi connectivity index (χ2n) is 4.30. The lowest BCUT2D eigenvalue weighted by molar-refractivity contribution is -0.139. The third kappa shape index (κ3) is 4.41. The lowest BCUT2D eigenvalue weighted by atomic mass is 10.2. The normalized spacial score (nSPS) is 10.4. The molecule has 7 nitrogen and oxygen atoms in total. The zero-order valence-corrected chi connectivity index (χ0v) is 11.6. The molecule has 0 unspecified atom stereocenters. The van der Waals surface area contributed by atoms with Crippen molar-refractivity contribution in [2.45, 2.75) is 6.54 Å². The van der Waals surface area contributed by atoms with Crippen molar-refractivity contribution in [3.05, 3.63) is 59.9 Å². The monoisotopic (exact) mass is 298 g/mol. The van der Waals surface area contributed by atoms with Crippen LogP contribution in [0.5, 0.6) is 5.75 Å². The van der Waals surface area contributed by atoms with Crippen LogP contribution in [-0.4, -0.2) is 28.1 Å². The summed E-state index contributed by atoms with van der Waals surface area (Å²) in [4.78, 5) is 27.0. The van der Waals surface area contributed by atoms with Gasteiger partial charge in [-0.15, -0.1) is 0 Å². The predicted molar refractivity (Wildman–Crippen MR) is 79.9 cm³/mol. The molecular formula is C15H14N4O3. The first-order chi connectivity index (χ1) is 10.7. The number of amides is 2. The van der Waals surface area contributed by atoms with E-state index in [9.17, 15) is 14.7 Å². The Balaban J connectivity index is 1.82. The summed E-state index contributed by atoms with van der Waals surface area (Å²) in [6.07, 6.45) is 4.46. The zero-order chi connectivity index (χ0) is 15.8. The lowest BCUT2D eigenvalue weighted by Gasteiger charge is -2.03. The summed E-state index contributed by atoms with van der Waals surface area (Å²) < 4.78 is 0. The maximum atomic E-state index is 11.6. The summed E-state index contributed by atoms with van der Waals surface area (Å²) in [6, 6.07) is 10.00. The van der Waals surface area contributed by atoms with E-state index >= 15 is 0 Å². The molecule has 0 saturated carbocycles. The second-order valence-corrected chi connectivity index (χ2v) is 4.30. The Morgan fingerprint density at radius 2 is 2.00 bits per heavy atom. The van der Waals surface area contributed by atoms with E-state index in [1.165, 1.54) is 12.3 Å². The van der Waals surface area contributed by atoms with E-state index in [4.69, 9.17) is 0 Å². The van der Waals surface area contributed by atoms with Gasteiger partial charge in [0.25, 0.3) is 0 Å². The first-order valence-corrected chi connectivity index (χ1v) is 6.45. The van der Waals surface area contributed by atoms with Crippen LogP contribution in [0.2, 0.25) is 0 Å². The summed E-state index contributed by atoms with van der Waals surface area (Å²) in [5.74, 6) is -1.67. The van der Waals surface area contributed by atoms with Gasteiger partial charge in [-0.25, -0.2) is 5.43 Å². The third-order valence-electron chi connectivity index (χ3n) is 2.69. The van der Waals surface area contributed by atoms with E-state index in [1.54, 1.807) is 42.7 Å². The van der Waals surface area contributed by atoms with Crippen molar-refractivity contribution in [1.82, 2.24) is 15.7 Å². The Bertz CT molecular complexity index is 686. The van der Waals surface area contributed by atoms with Gasteiger partial charge >= 0.3 is 11.8 Å². The molecule has 1 aromatic heterocycles. The number of phenols is 1. The topological polar surface area (TPSA) is 104 Å². The van der Waals surface area contributed by atoms with Crippen molar-refractivity contribution < 1.29 is 14.7 Å². The van der Waals surface area contributed by atoms with Gasteiger partial charge in [0.05, 0.1) is 6.21 Å². The van der Waals surface area contributed by atoms with Crippen molar-refractivity contribution in [2.75, 3.05) is 0 Å². The highest BCUT2D eigenvalue weighted by Crippen LogP contribution is 2.12.